The summed E-state index contributed by atoms with van der Waals surface area (Å²) in [5.41, 5.74) is 7.03. The quantitative estimate of drug-likeness (QED) is 0.859. The maximum absolute atomic E-state index is 6.20. The second kappa shape index (κ2) is 5.47. The van der Waals surface area contributed by atoms with Gasteiger partial charge in [-0.3, -0.25) is 0 Å². The van der Waals surface area contributed by atoms with Crippen molar-refractivity contribution in [1.82, 2.24) is 5.32 Å². The van der Waals surface area contributed by atoms with Gasteiger partial charge in [0, 0.05) is 17.6 Å². The zero-order chi connectivity index (χ0) is 14.2. The summed E-state index contributed by atoms with van der Waals surface area (Å²) in [4.78, 5) is 0. The molecule has 0 heterocycles. The average molecular weight is 298 g/mol. The molecule has 1 fully saturated rings. The van der Waals surface area contributed by atoms with Gasteiger partial charge in [-0.05, 0) is 72.1 Å². The molecule has 0 atom stereocenters. The van der Waals surface area contributed by atoms with Gasteiger partial charge in [-0.1, -0.05) is 35.9 Å². The smallest absolute Gasteiger partial charge is 0.0409 e. The van der Waals surface area contributed by atoms with E-state index in [0.717, 1.165) is 17.6 Å². The zero-order valence-corrected chi connectivity index (χ0v) is 12.9. The highest BCUT2D eigenvalue weighted by atomic mass is 35.5. The van der Waals surface area contributed by atoms with Crippen LogP contribution in [0.3, 0.4) is 0 Å². The summed E-state index contributed by atoms with van der Waals surface area (Å²) in [7, 11) is 0. The fourth-order valence-corrected chi connectivity index (χ4v) is 3.47. The Morgan fingerprint density at radius 2 is 1.86 bits per heavy atom. The number of nitrogens with one attached hydrogen (secondary N) is 1. The normalized spacial score (nSPS) is 17.0. The van der Waals surface area contributed by atoms with E-state index in [4.69, 9.17) is 11.6 Å². The summed E-state index contributed by atoms with van der Waals surface area (Å²) in [6.45, 7) is 0.914. The molecule has 0 bridgehead atoms. The van der Waals surface area contributed by atoms with Crippen molar-refractivity contribution >= 4 is 11.6 Å². The van der Waals surface area contributed by atoms with Crippen LogP contribution in [0.2, 0.25) is 5.02 Å². The van der Waals surface area contributed by atoms with Crippen LogP contribution in [0.15, 0.2) is 36.4 Å². The monoisotopic (exact) mass is 297 g/mol. The highest BCUT2D eigenvalue weighted by Crippen LogP contribution is 2.31. The van der Waals surface area contributed by atoms with Gasteiger partial charge >= 0.3 is 0 Å². The summed E-state index contributed by atoms with van der Waals surface area (Å²) in [5.74, 6) is 0. The molecule has 2 aromatic rings. The van der Waals surface area contributed by atoms with E-state index < -0.39 is 0 Å². The van der Waals surface area contributed by atoms with E-state index in [0.29, 0.717) is 0 Å². The average Bonchev–Trinajstić information content (AvgIpc) is 3.20. The lowest BCUT2D eigenvalue weighted by Gasteiger charge is -2.13. The van der Waals surface area contributed by atoms with Gasteiger partial charge < -0.3 is 5.32 Å². The van der Waals surface area contributed by atoms with Gasteiger partial charge in [0.05, 0.1) is 0 Å². The van der Waals surface area contributed by atoms with Gasteiger partial charge in [0.25, 0.3) is 0 Å². The number of rotatable bonds is 4. The first-order valence-electron chi connectivity index (χ1n) is 7.93. The lowest BCUT2D eigenvalue weighted by molar-refractivity contribution is 0.689. The largest absolute Gasteiger partial charge is 0.310 e. The molecule has 2 aliphatic carbocycles. The van der Waals surface area contributed by atoms with Gasteiger partial charge in [0.15, 0.2) is 0 Å². The van der Waals surface area contributed by atoms with E-state index in [1.165, 1.54) is 59.9 Å². The number of aryl methyl sites for hydroxylation is 2. The third-order valence-electron chi connectivity index (χ3n) is 4.64. The van der Waals surface area contributed by atoms with Crippen molar-refractivity contribution in [3.05, 3.63) is 58.1 Å². The molecule has 0 unspecified atom stereocenters. The fraction of sp³-hybridized carbons (Fsp3) is 0.368. The third-order valence-corrected chi connectivity index (χ3v) is 4.87. The Bertz CT molecular complexity index is 673. The number of hydrogen-bond donors (Lipinski definition) is 1. The maximum atomic E-state index is 6.20. The third kappa shape index (κ3) is 2.86. The number of halogens is 1. The van der Waals surface area contributed by atoms with Crippen LogP contribution in [0.25, 0.3) is 11.1 Å². The molecular weight excluding hydrogens is 278 g/mol. The number of benzene rings is 2. The molecule has 2 aliphatic rings. The van der Waals surface area contributed by atoms with Gasteiger partial charge in [0.2, 0.25) is 0 Å². The minimum atomic E-state index is 0.719. The molecular formula is C19H20ClN. The Kier molecular flexibility index (Phi) is 3.48. The Hall–Kier alpha value is -1.31. The van der Waals surface area contributed by atoms with E-state index in [-0.39, 0.29) is 0 Å². The molecule has 0 spiro atoms. The van der Waals surface area contributed by atoms with E-state index in [1.807, 2.05) is 6.07 Å². The van der Waals surface area contributed by atoms with Crippen LogP contribution in [0, 0.1) is 0 Å². The number of hydrogen-bond acceptors (Lipinski definition) is 1. The molecule has 0 aliphatic heterocycles. The van der Waals surface area contributed by atoms with Crippen LogP contribution in [0.1, 0.15) is 36.0 Å². The van der Waals surface area contributed by atoms with Crippen molar-refractivity contribution in [1.29, 1.82) is 0 Å². The van der Waals surface area contributed by atoms with E-state index in [2.05, 4.69) is 35.6 Å². The zero-order valence-electron chi connectivity index (χ0n) is 12.2. The first-order valence-corrected chi connectivity index (χ1v) is 8.31. The molecule has 1 nitrogen and oxygen atoms in total. The number of fused-ring (bicyclic) bond motifs is 1. The van der Waals surface area contributed by atoms with Crippen molar-refractivity contribution in [3.63, 3.8) is 0 Å². The molecule has 21 heavy (non-hydrogen) atoms. The lowest BCUT2D eigenvalue weighted by atomic mass is 9.96. The molecule has 0 aromatic heterocycles. The predicted molar refractivity (Wildman–Crippen MR) is 88.8 cm³/mol. The van der Waals surface area contributed by atoms with Gasteiger partial charge in [-0.15, -0.1) is 0 Å². The van der Waals surface area contributed by atoms with Crippen LogP contribution in [-0.2, 0) is 19.4 Å². The van der Waals surface area contributed by atoms with Crippen LogP contribution in [0.4, 0.5) is 0 Å². The topological polar surface area (TPSA) is 12.0 Å². The maximum Gasteiger partial charge on any atom is 0.0409 e. The highest BCUT2D eigenvalue weighted by molar-refractivity contribution is 6.30. The molecule has 108 valence electrons. The Morgan fingerprint density at radius 3 is 2.71 bits per heavy atom. The fourth-order valence-electron chi connectivity index (χ4n) is 3.27. The van der Waals surface area contributed by atoms with Crippen LogP contribution < -0.4 is 5.32 Å². The van der Waals surface area contributed by atoms with Gasteiger partial charge in [-0.2, -0.15) is 0 Å². The Morgan fingerprint density at radius 1 is 1.00 bits per heavy atom. The first-order chi connectivity index (χ1) is 10.3. The molecule has 0 radical (unpaired) electrons. The molecule has 0 amide bonds. The molecule has 1 saturated carbocycles. The lowest BCUT2D eigenvalue weighted by Crippen LogP contribution is -2.15. The van der Waals surface area contributed by atoms with E-state index in [1.54, 1.807) is 0 Å². The van der Waals surface area contributed by atoms with Gasteiger partial charge in [-0.25, -0.2) is 0 Å². The molecule has 4 rings (SSSR count). The summed E-state index contributed by atoms with van der Waals surface area (Å²) in [6, 6.07) is 14.0. The highest BCUT2D eigenvalue weighted by Gasteiger charge is 2.21. The van der Waals surface area contributed by atoms with Crippen molar-refractivity contribution in [3.8, 4) is 11.1 Å². The Labute approximate surface area is 131 Å². The van der Waals surface area contributed by atoms with Crippen molar-refractivity contribution in [2.24, 2.45) is 0 Å². The molecule has 0 saturated heterocycles. The Balaban J connectivity index is 1.69. The molecule has 1 N–H and O–H groups in total. The standard InChI is InChI=1S/C19H20ClN/c20-17-6-9-19(16(11-17)12-21-18-7-8-18)15-5-4-13-2-1-3-14(13)10-15/h4-6,9-11,18,21H,1-3,7-8,12H2. The summed E-state index contributed by atoms with van der Waals surface area (Å²) >= 11 is 6.20. The van der Waals surface area contributed by atoms with E-state index >= 15 is 0 Å². The van der Waals surface area contributed by atoms with Crippen LogP contribution in [0.5, 0.6) is 0 Å². The predicted octanol–water partition coefficient (Wildman–Crippen LogP) is 4.75. The SMILES string of the molecule is Clc1ccc(-c2ccc3c(c2)CCC3)c(CNC2CC2)c1. The van der Waals surface area contributed by atoms with Crippen LogP contribution in [-0.4, -0.2) is 6.04 Å². The van der Waals surface area contributed by atoms with Crippen molar-refractivity contribution in [2.75, 3.05) is 0 Å². The van der Waals surface area contributed by atoms with Crippen molar-refractivity contribution in [2.45, 2.75) is 44.7 Å². The molecule has 2 aromatic carbocycles. The minimum Gasteiger partial charge on any atom is -0.310 e. The summed E-state index contributed by atoms with van der Waals surface area (Å²) in [6.07, 6.45) is 6.40. The summed E-state index contributed by atoms with van der Waals surface area (Å²) in [5, 5.41) is 4.43. The minimum absolute atomic E-state index is 0.719. The van der Waals surface area contributed by atoms with Crippen molar-refractivity contribution < 1.29 is 0 Å². The molecule has 2 heteroatoms. The first kappa shape index (κ1) is 13.4. The van der Waals surface area contributed by atoms with Gasteiger partial charge in [0.1, 0.15) is 0 Å². The van der Waals surface area contributed by atoms with Crippen LogP contribution >= 0.6 is 11.6 Å². The second-order valence-corrected chi connectivity index (χ2v) is 6.73. The second-order valence-electron chi connectivity index (χ2n) is 6.29. The van der Waals surface area contributed by atoms with E-state index in [9.17, 15) is 0 Å². The summed E-state index contributed by atoms with van der Waals surface area (Å²) < 4.78 is 0.